The van der Waals surface area contributed by atoms with Crippen molar-refractivity contribution in [2.75, 3.05) is 0 Å². The Hall–Kier alpha value is -2.89. The molecule has 6 nitrogen and oxygen atoms in total. The van der Waals surface area contributed by atoms with Crippen molar-refractivity contribution >= 4 is 5.91 Å². The van der Waals surface area contributed by atoms with Gasteiger partial charge < -0.3 is 14.4 Å². The summed E-state index contributed by atoms with van der Waals surface area (Å²) in [6, 6.07) is 11.6. The molecule has 6 heteroatoms. The molecule has 1 amide bonds. The third-order valence-corrected chi connectivity index (χ3v) is 3.61. The molecule has 0 fully saturated rings. The second-order valence-corrected chi connectivity index (χ2v) is 7.11. The Labute approximate surface area is 146 Å². The van der Waals surface area contributed by atoms with E-state index in [1.165, 1.54) is 5.56 Å². The number of rotatable bonds is 4. The highest BCUT2D eigenvalue weighted by Crippen LogP contribution is 2.23. The number of hydrogen-bond donors (Lipinski definition) is 1. The second kappa shape index (κ2) is 6.55. The van der Waals surface area contributed by atoms with Crippen LogP contribution in [0.25, 0.3) is 23.0 Å². The molecular weight excluding hydrogens is 316 g/mol. The van der Waals surface area contributed by atoms with Crippen molar-refractivity contribution in [1.82, 2.24) is 20.0 Å². The maximum absolute atomic E-state index is 12.2. The van der Waals surface area contributed by atoms with Crippen molar-refractivity contribution < 1.29 is 9.32 Å². The van der Waals surface area contributed by atoms with Gasteiger partial charge in [0.1, 0.15) is 12.2 Å². The van der Waals surface area contributed by atoms with Crippen molar-refractivity contribution in [3.05, 3.63) is 48.2 Å². The summed E-state index contributed by atoms with van der Waals surface area (Å²) in [6.45, 7) is 8.08. The smallest absolute Gasteiger partial charge is 0.274 e. The zero-order chi connectivity index (χ0) is 18.0. The van der Waals surface area contributed by atoms with E-state index in [2.05, 4.69) is 15.5 Å². The third-order valence-electron chi connectivity index (χ3n) is 3.61. The van der Waals surface area contributed by atoms with Crippen LogP contribution in [0.3, 0.4) is 0 Å². The summed E-state index contributed by atoms with van der Waals surface area (Å²) in [7, 11) is 0. The maximum Gasteiger partial charge on any atom is 0.274 e. The van der Waals surface area contributed by atoms with E-state index in [4.69, 9.17) is 4.52 Å². The minimum Gasteiger partial charge on any atom is -0.350 e. The summed E-state index contributed by atoms with van der Waals surface area (Å²) in [5.74, 6) is 0.856. The van der Waals surface area contributed by atoms with Crippen molar-refractivity contribution in [2.24, 2.45) is 0 Å². The molecule has 0 bridgehead atoms. The fourth-order valence-corrected chi connectivity index (χ4v) is 2.51. The summed E-state index contributed by atoms with van der Waals surface area (Å²) in [4.78, 5) is 16.6. The van der Waals surface area contributed by atoms with Gasteiger partial charge in [-0.1, -0.05) is 35.0 Å². The predicted molar refractivity (Wildman–Crippen MR) is 95.8 cm³/mol. The molecule has 25 heavy (non-hydrogen) atoms. The average Bonchev–Trinajstić information content (AvgIpc) is 3.14. The molecule has 1 N–H and O–H groups in total. The van der Waals surface area contributed by atoms with Crippen LogP contribution in [0.2, 0.25) is 0 Å². The minimum absolute atomic E-state index is 0.0665. The van der Waals surface area contributed by atoms with E-state index in [0.717, 1.165) is 11.3 Å². The van der Waals surface area contributed by atoms with E-state index in [1.807, 2.05) is 70.3 Å². The molecule has 0 unspecified atom stereocenters. The third kappa shape index (κ3) is 4.15. The van der Waals surface area contributed by atoms with E-state index in [9.17, 15) is 4.79 Å². The lowest BCUT2D eigenvalue weighted by atomic mass is 10.1. The predicted octanol–water partition coefficient (Wildman–Crippen LogP) is 3.43. The molecule has 1 aromatic carbocycles. The summed E-state index contributed by atoms with van der Waals surface area (Å²) in [5, 5.41) is 7.00. The van der Waals surface area contributed by atoms with Crippen LogP contribution in [-0.2, 0) is 11.3 Å². The normalized spacial score (nSPS) is 11.5. The van der Waals surface area contributed by atoms with Gasteiger partial charge in [-0.2, -0.15) is 4.98 Å². The Morgan fingerprint density at radius 1 is 1.20 bits per heavy atom. The fourth-order valence-electron chi connectivity index (χ4n) is 2.51. The van der Waals surface area contributed by atoms with Gasteiger partial charge in [-0.05, 0) is 39.8 Å². The molecule has 2 heterocycles. The molecule has 0 aliphatic heterocycles. The van der Waals surface area contributed by atoms with Gasteiger partial charge in [-0.3, -0.25) is 4.79 Å². The number of hydrogen-bond acceptors (Lipinski definition) is 4. The summed E-state index contributed by atoms with van der Waals surface area (Å²) in [5.41, 5.74) is 2.51. The van der Waals surface area contributed by atoms with Gasteiger partial charge in [0, 0.05) is 17.3 Å². The zero-order valence-electron chi connectivity index (χ0n) is 14.9. The number of nitrogens with zero attached hydrogens (tertiary/aromatic N) is 3. The molecule has 0 aliphatic rings. The molecule has 3 rings (SSSR count). The lowest BCUT2D eigenvalue weighted by Gasteiger charge is -2.20. The van der Waals surface area contributed by atoms with Crippen molar-refractivity contribution in [2.45, 2.75) is 39.8 Å². The van der Waals surface area contributed by atoms with Gasteiger partial charge in [0.05, 0.1) is 0 Å². The molecule has 2 aromatic heterocycles. The number of aromatic nitrogens is 3. The van der Waals surface area contributed by atoms with Crippen LogP contribution in [0.4, 0.5) is 0 Å². The SMILES string of the molecule is Cc1ccc(-c2noc(-c3cccn3CC(=O)NC(C)(C)C)n2)cc1. The maximum atomic E-state index is 12.2. The first-order chi connectivity index (χ1) is 11.8. The summed E-state index contributed by atoms with van der Waals surface area (Å²) >= 11 is 0. The van der Waals surface area contributed by atoms with Gasteiger partial charge in [0.25, 0.3) is 5.89 Å². The highest BCUT2D eigenvalue weighted by molar-refractivity contribution is 5.77. The molecule has 130 valence electrons. The van der Waals surface area contributed by atoms with Gasteiger partial charge in [0.15, 0.2) is 0 Å². The van der Waals surface area contributed by atoms with Gasteiger partial charge >= 0.3 is 0 Å². The van der Waals surface area contributed by atoms with Gasteiger partial charge in [-0.15, -0.1) is 0 Å². The van der Waals surface area contributed by atoms with E-state index in [0.29, 0.717) is 11.7 Å². The number of carbonyl (C=O) groups is 1. The lowest BCUT2D eigenvalue weighted by Crippen LogP contribution is -2.42. The monoisotopic (exact) mass is 338 g/mol. The molecule has 0 saturated heterocycles. The molecule has 3 aromatic rings. The highest BCUT2D eigenvalue weighted by atomic mass is 16.5. The first-order valence-corrected chi connectivity index (χ1v) is 8.19. The van der Waals surface area contributed by atoms with Crippen LogP contribution < -0.4 is 5.32 Å². The van der Waals surface area contributed by atoms with Crippen LogP contribution in [0.5, 0.6) is 0 Å². The lowest BCUT2D eigenvalue weighted by molar-refractivity contribution is -0.123. The average molecular weight is 338 g/mol. The van der Waals surface area contributed by atoms with Gasteiger partial charge in [0.2, 0.25) is 11.7 Å². The number of nitrogens with one attached hydrogen (secondary N) is 1. The Balaban J connectivity index is 1.81. The first-order valence-electron chi connectivity index (χ1n) is 8.19. The standard InChI is InChI=1S/C19H22N4O2/c1-13-7-9-14(10-8-13)17-20-18(25-22-17)15-6-5-11-23(15)12-16(24)21-19(2,3)4/h5-11H,12H2,1-4H3,(H,21,24). The quantitative estimate of drug-likeness (QED) is 0.791. The Morgan fingerprint density at radius 2 is 1.92 bits per heavy atom. The summed E-state index contributed by atoms with van der Waals surface area (Å²) < 4.78 is 7.20. The van der Waals surface area contributed by atoms with Gasteiger partial charge in [-0.25, -0.2) is 0 Å². The van der Waals surface area contributed by atoms with Crippen LogP contribution in [0, 0.1) is 6.92 Å². The van der Waals surface area contributed by atoms with Crippen LogP contribution in [-0.4, -0.2) is 26.2 Å². The highest BCUT2D eigenvalue weighted by Gasteiger charge is 2.18. The molecule has 0 aliphatic carbocycles. The summed E-state index contributed by atoms with van der Waals surface area (Å²) in [6.07, 6.45) is 1.83. The molecule has 0 spiro atoms. The number of amides is 1. The Kier molecular flexibility index (Phi) is 4.44. The van der Waals surface area contributed by atoms with E-state index < -0.39 is 0 Å². The van der Waals surface area contributed by atoms with Crippen molar-refractivity contribution in [3.8, 4) is 23.0 Å². The van der Waals surface area contributed by atoms with E-state index in [1.54, 1.807) is 4.57 Å². The van der Waals surface area contributed by atoms with E-state index in [-0.39, 0.29) is 18.0 Å². The second-order valence-electron chi connectivity index (χ2n) is 7.11. The van der Waals surface area contributed by atoms with E-state index >= 15 is 0 Å². The van der Waals surface area contributed by atoms with Crippen LogP contribution in [0.15, 0.2) is 47.1 Å². The fraction of sp³-hybridized carbons (Fsp3) is 0.316. The topological polar surface area (TPSA) is 73.0 Å². The van der Waals surface area contributed by atoms with Crippen molar-refractivity contribution in [1.29, 1.82) is 0 Å². The number of carbonyl (C=O) groups excluding carboxylic acids is 1. The zero-order valence-corrected chi connectivity index (χ0v) is 14.9. The van der Waals surface area contributed by atoms with Crippen LogP contribution in [0.1, 0.15) is 26.3 Å². The number of aryl methyl sites for hydroxylation is 1. The Morgan fingerprint density at radius 3 is 2.60 bits per heavy atom. The minimum atomic E-state index is -0.270. The molecule has 0 radical (unpaired) electrons. The van der Waals surface area contributed by atoms with Crippen molar-refractivity contribution in [3.63, 3.8) is 0 Å². The Bertz CT molecular complexity index is 869. The largest absolute Gasteiger partial charge is 0.350 e. The molecular formula is C19H22N4O2. The first kappa shape index (κ1) is 17.0. The molecule has 0 saturated carbocycles. The molecule has 0 atom stereocenters. The number of benzene rings is 1. The van der Waals surface area contributed by atoms with Crippen LogP contribution >= 0.6 is 0 Å².